The van der Waals surface area contributed by atoms with Gasteiger partial charge in [-0.3, -0.25) is 4.79 Å². The molecule has 1 unspecified atom stereocenters. The predicted octanol–water partition coefficient (Wildman–Crippen LogP) is 3.51. The maximum Gasteiger partial charge on any atom is 0.315 e. The third-order valence-electron chi connectivity index (χ3n) is 5.42. The van der Waals surface area contributed by atoms with Gasteiger partial charge in [0.25, 0.3) is 0 Å². The Kier molecular flexibility index (Phi) is 6.47. The number of benzene rings is 1. The van der Waals surface area contributed by atoms with Crippen LogP contribution in [0.1, 0.15) is 63.0 Å². The summed E-state index contributed by atoms with van der Waals surface area (Å²) in [6.07, 6.45) is 8.43. The maximum absolute atomic E-state index is 13.2. The van der Waals surface area contributed by atoms with E-state index in [9.17, 15) is 14.0 Å². The smallest absolute Gasteiger partial charge is 0.315 e. The number of likely N-dealkylation sites (tertiary alicyclic amines) is 1. The van der Waals surface area contributed by atoms with Crippen LogP contribution in [0, 0.1) is 5.82 Å². The Morgan fingerprint density at radius 1 is 1.00 bits per heavy atom. The summed E-state index contributed by atoms with van der Waals surface area (Å²) in [5.74, 6) is -0.360. The van der Waals surface area contributed by atoms with Crippen molar-refractivity contribution in [2.24, 2.45) is 0 Å². The van der Waals surface area contributed by atoms with Gasteiger partial charge in [0.05, 0.1) is 12.6 Å². The van der Waals surface area contributed by atoms with Crippen LogP contribution in [0.2, 0.25) is 0 Å². The minimum absolute atomic E-state index is 0.00372. The summed E-state index contributed by atoms with van der Waals surface area (Å²) in [6.45, 7) is 0.670. The first-order valence-corrected chi connectivity index (χ1v) is 9.73. The van der Waals surface area contributed by atoms with Crippen LogP contribution in [0.15, 0.2) is 24.3 Å². The molecule has 5 nitrogen and oxygen atoms in total. The van der Waals surface area contributed by atoms with Crippen molar-refractivity contribution >= 4 is 11.9 Å². The number of rotatable bonds is 4. The Balaban J connectivity index is 1.53. The number of piperidine rings is 1. The van der Waals surface area contributed by atoms with E-state index in [4.69, 9.17) is 0 Å². The molecule has 0 bridgehead atoms. The van der Waals surface area contributed by atoms with Crippen molar-refractivity contribution in [1.82, 2.24) is 15.5 Å². The summed E-state index contributed by atoms with van der Waals surface area (Å²) in [4.78, 5) is 26.5. The predicted molar refractivity (Wildman–Crippen MR) is 98.1 cm³/mol. The molecule has 3 rings (SSSR count). The molecule has 2 fully saturated rings. The van der Waals surface area contributed by atoms with Gasteiger partial charge in [-0.2, -0.15) is 0 Å². The van der Waals surface area contributed by atoms with E-state index in [1.54, 1.807) is 12.1 Å². The Bertz CT molecular complexity index is 614. The lowest BCUT2D eigenvalue weighted by atomic mass is 9.95. The standard InChI is InChI=1S/C20H28FN3O2/c21-16-11-9-15(10-12-16)18-8-4-5-13-24(18)19(25)14-22-20(26)23-17-6-2-1-3-7-17/h9-12,17-18H,1-8,13-14H2,(H2,22,23,26). The second kappa shape index (κ2) is 9.01. The second-order valence-corrected chi connectivity index (χ2v) is 7.31. The number of carbonyl (C=O) groups is 2. The zero-order valence-corrected chi connectivity index (χ0v) is 15.2. The fourth-order valence-electron chi connectivity index (χ4n) is 4.00. The van der Waals surface area contributed by atoms with Crippen molar-refractivity contribution in [3.05, 3.63) is 35.6 Å². The van der Waals surface area contributed by atoms with E-state index in [0.717, 1.165) is 50.5 Å². The van der Waals surface area contributed by atoms with Gasteiger partial charge in [-0.25, -0.2) is 9.18 Å². The third-order valence-corrected chi connectivity index (χ3v) is 5.42. The molecule has 0 spiro atoms. The van der Waals surface area contributed by atoms with E-state index in [1.165, 1.54) is 18.6 Å². The topological polar surface area (TPSA) is 61.4 Å². The van der Waals surface area contributed by atoms with Crippen LogP contribution >= 0.6 is 0 Å². The van der Waals surface area contributed by atoms with Crippen LogP contribution in [0.3, 0.4) is 0 Å². The molecule has 1 saturated heterocycles. The fourth-order valence-corrected chi connectivity index (χ4v) is 4.00. The molecule has 3 amide bonds. The first-order chi connectivity index (χ1) is 12.6. The SMILES string of the molecule is O=C(NCC(=O)N1CCCCC1c1ccc(F)cc1)NC1CCCCC1. The Hall–Kier alpha value is -2.11. The van der Waals surface area contributed by atoms with Gasteiger partial charge in [0.15, 0.2) is 0 Å². The number of urea groups is 1. The molecule has 26 heavy (non-hydrogen) atoms. The van der Waals surface area contributed by atoms with Gasteiger partial charge in [0, 0.05) is 12.6 Å². The van der Waals surface area contributed by atoms with E-state index in [0.29, 0.717) is 6.54 Å². The molecule has 1 aliphatic carbocycles. The summed E-state index contributed by atoms with van der Waals surface area (Å²) < 4.78 is 13.2. The average molecular weight is 361 g/mol. The molecule has 2 N–H and O–H groups in total. The Labute approximate surface area is 154 Å². The number of hydrogen-bond acceptors (Lipinski definition) is 2. The van der Waals surface area contributed by atoms with Crippen molar-refractivity contribution < 1.29 is 14.0 Å². The van der Waals surface area contributed by atoms with E-state index in [-0.39, 0.29) is 36.4 Å². The van der Waals surface area contributed by atoms with Gasteiger partial charge in [0.1, 0.15) is 5.82 Å². The summed E-state index contributed by atoms with van der Waals surface area (Å²) in [6, 6.07) is 6.27. The van der Waals surface area contributed by atoms with Gasteiger partial charge in [-0.05, 0) is 49.8 Å². The first-order valence-electron chi connectivity index (χ1n) is 9.73. The lowest BCUT2D eigenvalue weighted by molar-refractivity contribution is -0.133. The quantitative estimate of drug-likeness (QED) is 0.862. The molecule has 1 aromatic carbocycles. The number of nitrogens with one attached hydrogen (secondary N) is 2. The molecular formula is C20H28FN3O2. The zero-order valence-electron chi connectivity index (χ0n) is 15.2. The average Bonchev–Trinajstić information content (AvgIpc) is 2.67. The second-order valence-electron chi connectivity index (χ2n) is 7.31. The number of halogens is 1. The highest BCUT2D eigenvalue weighted by molar-refractivity contribution is 5.84. The number of amides is 3. The molecule has 142 valence electrons. The fraction of sp³-hybridized carbons (Fsp3) is 0.600. The number of nitrogens with zero attached hydrogens (tertiary/aromatic N) is 1. The van der Waals surface area contributed by atoms with Crippen LogP contribution in [0.4, 0.5) is 9.18 Å². The molecule has 0 radical (unpaired) electrons. The highest BCUT2D eigenvalue weighted by Crippen LogP contribution is 2.30. The largest absolute Gasteiger partial charge is 0.335 e. The molecule has 1 aromatic rings. The minimum atomic E-state index is -0.275. The zero-order chi connectivity index (χ0) is 18.4. The van der Waals surface area contributed by atoms with Crippen molar-refractivity contribution in [2.45, 2.75) is 63.5 Å². The molecule has 0 aromatic heterocycles. The highest BCUT2D eigenvalue weighted by Gasteiger charge is 2.28. The first kappa shape index (κ1) is 18.7. The molecule has 1 atom stereocenters. The van der Waals surface area contributed by atoms with Crippen molar-refractivity contribution in [2.75, 3.05) is 13.1 Å². The maximum atomic E-state index is 13.2. The van der Waals surface area contributed by atoms with Crippen molar-refractivity contribution in [3.63, 3.8) is 0 Å². The summed E-state index contributed by atoms with van der Waals surface area (Å²) in [7, 11) is 0. The van der Waals surface area contributed by atoms with Crippen LogP contribution in [0.25, 0.3) is 0 Å². The monoisotopic (exact) mass is 361 g/mol. The normalized spacial score (nSPS) is 21.3. The molecule has 2 aliphatic rings. The number of hydrogen-bond donors (Lipinski definition) is 2. The van der Waals surface area contributed by atoms with Crippen LogP contribution in [0.5, 0.6) is 0 Å². The molecular weight excluding hydrogens is 333 g/mol. The van der Waals surface area contributed by atoms with Gasteiger partial charge >= 0.3 is 6.03 Å². The highest BCUT2D eigenvalue weighted by atomic mass is 19.1. The van der Waals surface area contributed by atoms with Gasteiger partial charge in [-0.1, -0.05) is 31.4 Å². The van der Waals surface area contributed by atoms with Gasteiger partial charge < -0.3 is 15.5 Å². The Morgan fingerprint density at radius 2 is 1.69 bits per heavy atom. The lowest BCUT2D eigenvalue weighted by Crippen LogP contribution is -2.48. The summed E-state index contributed by atoms with van der Waals surface area (Å²) in [5, 5.41) is 5.67. The van der Waals surface area contributed by atoms with Crippen LogP contribution < -0.4 is 10.6 Å². The molecule has 1 heterocycles. The van der Waals surface area contributed by atoms with E-state index >= 15 is 0 Å². The van der Waals surface area contributed by atoms with E-state index in [2.05, 4.69) is 10.6 Å². The van der Waals surface area contributed by atoms with Gasteiger partial charge in [0.2, 0.25) is 5.91 Å². The Morgan fingerprint density at radius 3 is 2.42 bits per heavy atom. The van der Waals surface area contributed by atoms with Crippen molar-refractivity contribution in [3.8, 4) is 0 Å². The van der Waals surface area contributed by atoms with Crippen molar-refractivity contribution in [1.29, 1.82) is 0 Å². The lowest BCUT2D eigenvalue weighted by Gasteiger charge is -2.36. The van der Waals surface area contributed by atoms with E-state index in [1.807, 2.05) is 4.90 Å². The number of carbonyl (C=O) groups excluding carboxylic acids is 2. The third kappa shape index (κ3) is 4.96. The molecule has 6 heteroatoms. The minimum Gasteiger partial charge on any atom is -0.335 e. The van der Waals surface area contributed by atoms with Crippen LogP contribution in [-0.4, -0.2) is 36.0 Å². The van der Waals surface area contributed by atoms with Gasteiger partial charge in [-0.15, -0.1) is 0 Å². The van der Waals surface area contributed by atoms with E-state index < -0.39 is 0 Å². The van der Waals surface area contributed by atoms with Crippen LogP contribution in [-0.2, 0) is 4.79 Å². The molecule has 1 aliphatic heterocycles. The molecule has 1 saturated carbocycles. The summed E-state index contributed by atoms with van der Waals surface area (Å²) >= 11 is 0. The summed E-state index contributed by atoms with van der Waals surface area (Å²) in [5.41, 5.74) is 0.950.